The number of fused-ring (bicyclic) bond motifs is 2. The maximum atomic E-state index is 12.9. The summed E-state index contributed by atoms with van der Waals surface area (Å²) < 4.78 is 1.24. The molecule has 0 saturated carbocycles. The molecule has 8 heteroatoms. The number of nitrogens with zero attached hydrogens (tertiary/aromatic N) is 4. The Morgan fingerprint density at radius 2 is 2.12 bits per heavy atom. The van der Waals surface area contributed by atoms with E-state index in [4.69, 9.17) is 0 Å². The normalized spacial score (nSPS) is 13.7. The lowest BCUT2D eigenvalue weighted by Gasteiger charge is -2.28. The van der Waals surface area contributed by atoms with Gasteiger partial charge in [0.15, 0.2) is 0 Å². The van der Waals surface area contributed by atoms with Crippen molar-refractivity contribution in [3.63, 3.8) is 0 Å². The van der Waals surface area contributed by atoms with Gasteiger partial charge in [-0.25, -0.2) is 9.78 Å². The number of hydrogen-bond donors (Lipinski definition) is 1. The van der Waals surface area contributed by atoms with Gasteiger partial charge in [0, 0.05) is 26.0 Å². The molecule has 0 atom stereocenters. The number of nitrogens with one attached hydrogen (secondary N) is 1. The molecule has 3 aromatic rings. The molecule has 0 radical (unpaired) electrons. The fourth-order valence-electron chi connectivity index (χ4n) is 3.11. The Kier molecular flexibility index (Phi) is 3.45. The van der Waals surface area contributed by atoms with Crippen LogP contribution < -0.4 is 16.1 Å². The quantitative estimate of drug-likeness (QED) is 0.701. The third kappa shape index (κ3) is 2.42. The second-order valence-corrected chi connectivity index (χ2v) is 5.94. The van der Waals surface area contributed by atoms with Crippen molar-refractivity contribution < 1.29 is 4.79 Å². The average molecular weight is 337 g/mol. The van der Waals surface area contributed by atoms with Crippen LogP contribution in [0.2, 0.25) is 0 Å². The molecule has 0 fully saturated rings. The minimum absolute atomic E-state index is 0.205. The van der Waals surface area contributed by atoms with Crippen LogP contribution in [0.15, 0.2) is 40.2 Å². The molecule has 3 aromatic heterocycles. The number of rotatable bonds is 1. The van der Waals surface area contributed by atoms with Crippen LogP contribution in [0.5, 0.6) is 0 Å². The lowest BCUT2D eigenvalue weighted by atomic mass is 10.1. The molecule has 0 spiro atoms. The second kappa shape index (κ2) is 5.66. The van der Waals surface area contributed by atoms with Crippen molar-refractivity contribution in [1.82, 2.24) is 19.5 Å². The SMILES string of the molecule is Cn1c(=O)[nH]c(=O)c2cc(C(=O)N3CCCc4ncccc43)cnc21. The van der Waals surface area contributed by atoms with E-state index in [1.807, 2.05) is 6.07 Å². The number of pyridine rings is 2. The Morgan fingerprint density at radius 3 is 2.96 bits per heavy atom. The minimum atomic E-state index is -0.555. The predicted molar refractivity (Wildman–Crippen MR) is 91.8 cm³/mol. The Bertz CT molecular complexity index is 1120. The number of H-pyrrole nitrogens is 1. The van der Waals surface area contributed by atoms with Crippen molar-refractivity contribution in [3.8, 4) is 0 Å². The monoisotopic (exact) mass is 337 g/mol. The van der Waals surface area contributed by atoms with Gasteiger partial charge in [0.1, 0.15) is 5.65 Å². The minimum Gasteiger partial charge on any atom is -0.306 e. The summed E-state index contributed by atoms with van der Waals surface area (Å²) >= 11 is 0. The number of hydrogen-bond acceptors (Lipinski definition) is 5. The second-order valence-electron chi connectivity index (χ2n) is 5.94. The molecule has 0 bridgehead atoms. The van der Waals surface area contributed by atoms with E-state index in [9.17, 15) is 14.4 Å². The molecule has 0 aliphatic carbocycles. The third-order valence-corrected chi connectivity index (χ3v) is 4.40. The highest BCUT2D eigenvalue weighted by molar-refractivity contribution is 6.07. The van der Waals surface area contributed by atoms with E-state index >= 15 is 0 Å². The number of carbonyl (C=O) groups is 1. The lowest BCUT2D eigenvalue weighted by molar-refractivity contribution is 0.0984. The number of amides is 1. The van der Waals surface area contributed by atoms with Crippen LogP contribution in [-0.2, 0) is 13.5 Å². The highest BCUT2D eigenvalue weighted by Gasteiger charge is 2.25. The molecule has 1 amide bonds. The molecule has 0 aromatic carbocycles. The first-order valence-corrected chi connectivity index (χ1v) is 7.91. The van der Waals surface area contributed by atoms with Gasteiger partial charge in [0.25, 0.3) is 11.5 Å². The van der Waals surface area contributed by atoms with E-state index in [0.29, 0.717) is 12.1 Å². The van der Waals surface area contributed by atoms with Crippen molar-refractivity contribution in [2.24, 2.45) is 7.05 Å². The number of anilines is 1. The molecule has 4 heterocycles. The maximum absolute atomic E-state index is 12.9. The zero-order valence-corrected chi connectivity index (χ0v) is 13.5. The Balaban J connectivity index is 1.82. The van der Waals surface area contributed by atoms with Crippen LogP contribution in [0.3, 0.4) is 0 Å². The van der Waals surface area contributed by atoms with Crippen LogP contribution >= 0.6 is 0 Å². The van der Waals surface area contributed by atoms with Gasteiger partial charge in [-0.15, -0.1) is 0 Å². The van der Waals surface area contributed by atoms with Crippen LogP contribution in [0.25, 0.3) is 11.0 Å². The van der Waals surface area contributed by atoms with Gasteiger partial charge >= 0.3 is 5.69 Å². The first-order valence-electron chi connectivity index (χ1n) is 7.91. The van der Waals surface area contributed by atoms with Gasteiger partial charge in [-0.1, -0.05) is 0 Å². The van der Waals surface area contributed by atoms with Crippen LogP contribution in [-0.4, -0.2) is 32.0 Å². The van der Waals surface area contributed by atoms with Crippen molar-refractivity contribution in [2.75, 3.05) is 11.4 Å². The smallest absolute Gasteiger partial charge is 0.306 e. The molecule has 4 rings (SSSR count). The number of carbonyl (C=O) groups excluding carboxylic acids is 1. The Morgan fingerprint density at radius 1 is 1.28 bits per heavy atom. The topological polar surface area (TPSA) is 101 Å². The first kappa shape index (κ1) is 15.3. The average Bonchev–Trinajstić information content (AvgIpc) is 2.65. The van der Waals surface area contributed by atoms with Gasteiger partial charge in [-0.05, 0) is 31.0 Å². The van der Waals surface area contributed by atoms with E-state index in [-0.39, 0.29) is 16.9 Å². The molecule has 0 saturated heterocycles. The van der Waals surface area contributed by atoms with Crippen molar-refractivity contribution >= 4 is 22.6 Å². The highest BCUT2D eigenvalue weighted by atomic mass is 16.2. The van der Waals surface area contributed by atoms with E-state index in [0.717, 1.165) is 24.2 Å². The van der Waals surface area contributed by atoms with E-state index in [1.165, 1.54) is 23.9 Å². The number of aryl methyl sites for hydroxylation is 2. The molecular formula is C17H15N5O3. The Labute approximate surface area is 141 Å². The van der Waals surface area contributed by atoms with E-state index < -0.39 is 11.2 Å². The summed E-state index contributed by atoms with van der Waals surface area (Å²) in [6, 6.07) is 5.14. The van der Waals surface area contributed by atoms with Crippen molar-refractivity contribution in [3.05, 3.63) is 62.7 Å². The zero-order chi connectivity index (χ0) is 17.6. The fourth-order valence-corrected chi connectivity index (χ4v) is 3.11. The molecule has 1 aliphatic heterocycles. The lowest BCUT2D eigenvalue weighted by Crippen LogP contribution is -2.36. The van der Waals surface area contributed by atoms with E-state index in [1.54, 1.807) is 17.2 Å². The molecular weight excluding hydrogens is 322 g/mol. The van der Waals surface area contributed by atoms with Crippen LogP contribution in [0, 0.1) is 0 Å². The molecule has 1 N–H and O–H groups in total. The van der Waals surface area contributed by atoms with Gasteiger partial charge < -0.3 is 4.90 Å². The summed E-state index contributed by atoms with van der Waals surface area (Å²) in [5.74, 6) is -0.239. The van der Waals surface area contributed by atoms with Crippen LogP contribution in [0.1, 0.15) is 22.5 Å². The summed E-state index contributed by atoms with van der Waals surface area (Å²) in [6.07, 6.45) is 4.77. The number of aromatic amines is 1. The number of aromatic nitrogens is 4. The standard InChI is InChI=1S/C17H15N5O3/c1-21-14-11(15(23)20-17(21)25)8-10(9-19-14)16(24)22-7-3-4-12-13(22)5-2-6-18-12/h2,5-6,8-9H,3-4,7H2,1H3,(H,20,23,25). The highest BCUT2D eigenvalue weighted by Crippen LogP contribution is 2.26. The van der Waals surface area contributed by atoms with E-state index in [2.05, 4.69) is 15.0 Å². The largest absolute Gasteiger partial charge is 0.329 e. The predicted octanol–water partition coefficient (Wildman–Crippen LogP) is 0.610. The Hall–Kier alpha value is -3.29. The molecule has 1 aliphatic rings. The summed E-state index contributed by atoms with van der Waals surface area (Å²) in [5.41, 5.74) is 1.12. The molecule has 0 unspecified atom stereocenters. The fraction of sp³-hybridized carbons (Fsp3) is 0.235. The summed E-state index contributed by atoms with van der Waals surface area (Å²) in [4.78, 5) is 49.0. The summed E-state index contributed by atoms with van der Waals surface area (Å²) in [6.45, 7) is 0.583. The summed E-state index contributed by atoms with van der Waals surface area (Å²) in [7, 11) is 1.52. The summed E-state index contributed by atoms with van der Waals surface area (Å²) in [5, 5.41) is 0.205. The third-order valence-electron chi connectivity index (χ3n) is 4.40. The van der Waals surface area contributed by atoms with Gasteiger partial charge in [0.05, 0.1) is 22.3 Å². The zero-order valence-electron chi connectivity index (χ0n) is 13.5. The maximum Gasteiger partial charge on any atom is 0.329 e. The molecule has 126 valence electrons. The van der Waals surface area contributed by atoms with Crippen LogP contribution in [0.4, 0.5) is 5.69 Å². The van der Waals surface area contributed by atoms with Crippen molar-refractivity contribution in [2.45, 2.75) is 12.8 Å². The van der Waals surface area contributed by atoms with Gasteiger partial charge in [-0.2, -0.15) is 0 Å². The van der Waals surface area contributed by atoms with Crippen molar-refractivity contribution in [1.29, 1.82) is 0 Å². The van der Waals surface area contributed by atoms with Gasteiger partial charge in [-0.3, -0.25) is 24.1 Å². The first-order chi connectivity index (χ1) is 12.1. The van der Waals surface area contributed by atoms with Gasteiger partial charge in [0.2, 0.25) is 0 Å². The molecule has 8 nitrogen and oxygen atoms in total. The molecule has 25 heavy (non-hydrogen) atoms.